The van der Waals surface area contributed by atoms with Crippen molar-refractivity contribution in [3.05, 3.63) is 89.6 Å². The molecule has 0 aliphatic heterocycles. The Morgan fingerprint density at radius 3 is 2.75 bits per heavy atom. The fourth-order valence-corrected chi connectivity index (χ4v) is 3.73. The van der Waals surface area contributed by atoms with E-state index in [0.717, 1.165) is 22.4 Å². The first kappa shape index (κ1) is 19.9. The number of carbonyl (C=O) groups is 1. The molecule has 2 aromatic heterocycles. The number of aromatic nitrogens is 4. The van der Waals surface area contributed by atoms with Crippen molar-refractivity contribution in [3.63, 3.8) is 0 Å². The van der Waals surface area contributed by atoms with Gasteiger partial charge in [0, 0.05) is 18.2 Å². The summed E-state index contributed by atoms with van der Waals surface area (Å²) in [6.07, 6.45) is 4.71. The number of hydrogen-bond donors (Lipinski definition) is 2. The van der Waals surface area contributed by atoms with Crippen LogP contribution in [0.4, 0.5) is 5.82 Å². The molecule has 0 spiro atoms. The maximum atomic E-state index is 12.7. The van der Waals surface area contributed by atoms with Crippen LogP contribution in [0.5, 0.6) is 5.75 Å². The number of nitrogens with zero attached hydrogens (tertiary/aromatic N) is 3. The first-order valence-corrected chi connectivity index (χ1v) is 10.6. The van der Waals surface area contributed by atoms with E-state index in [2.05, 4.69) is 37.6 Å². The highest BCUT2D eigenvalue weighted by molar-refractivity contribution is 6.01. The Kier molecular flexibility index (Phi) is 5.37. The van der Waals surface area contributed by atoms with Crippen LogP contribution in [0.25, 0.3) is 11.1 Å². The monoisotopic (exact) mass is 425 g/mol. The third kappa shape index (κ3) is 4.37. The van der Waals surface area contributed by atoms with Gasteiger partial charge in [0.25, 0.3) is 5.91 Å². The molecule has 0 unspecified atom stereocenters. The van der Waals surface area contributed by atoms with Crippen molar-refractivity contribution in [2.45, 2.75) is 25.2 Å². The van der Waals surface area contributed by atoms with Gasteiger partial charge >= 0.3 is 0 Å². The van der Waals surface area contributed by atoms with Crippen LogP contribution >= 0.6 is 0 Å². The number of pyridine rings is 1. The third-order valence-corrected chi connectivity index (χ3v) is 5.53. The topological polar surface area (TPSA) is 92.8 Å². The van der Waals surface area contributed by atoms with Crippen LogP contribution in [0.2, 0.25) is 0 Å². The lowest BCUT2D eigenvalue weighted by molar-refractivity contribution is 0.101. The lowest BCUT2D eigenvalue weighted by Crippen LogP contribution is -2.14. The van der Waals surface area contributed by atoms with Gasteiger partial charge < -0.3 is 10.1 Å². The fraction of sp³-hybridized carbons (Fsp3) is 0.200. The van der Waals surface area contributed by atoms with E-state index in [1.165, 1.54) is 18.4 Å². The lowest BCUT2D eigenvalue weighted by Gasteiger charge is -2.12. The first-order valence-electron chi connectivity index (χ1n) is 10.6. The summed E-state index contributed by atoms with van der Waals surface area (Å²) in [6.45, 7) is 0. The number of benzene rings is 2. The minimum atomic E-state index is -0.413. The van der Waals surface area contributed by atoms with Gasteiger partial charge in [0.15, 0.2) is 0 Å². The SMILES string of the molecule is COc1ccc(C2CC2)cc1-c1ccnc(NC(=O)c2n[nH]c(Cc3ccccc3)n2)c1. The Hall–Kier alpha value is -4.00. The van der Waals surface area contributed by atoms with E-state index in [-0.39, 0.29) is 5.82 Å². The molecular formula is C25H23N5O2. The number of aromatic amines is 1. The second kappa shape index (κ2) is 8.63. The van der Waals surface area contributed by atoms with Crippen molar-refractivity contribution in [3.8, 4) is 16.9 Å². The summed E-state index contributed by atoms with van der Waals surface area (Å²) in [5.41, 5.74) is 4.31. The molecule has 1 amide bonds. The summed E-state index contributed by atoms with van der Waals surface area (Å²) >= 11 is 0. The molecule has 2 aromatic carbocycles. The zero-order valence-electron chi connectivity index (χ0n) is 17.7. The Bertz CT molecular complexity index is 1250. The molecule has 1 aliphatic rings. The summed E-state index contributed by atoms with van der Waals surface area (Å²) in [6, 6.07) is 19.9. The van der Waals surface area contributed by atoms with Gasteiger partial charge in [-0.25, -0.2) is 9.97 Å². The second-order valence-electron chi connectivity index (χ2n) is 7.89. The van der Waals surface area contributed by atoms with Gasteiger partial charge in [-0.15, -0.1) is 5.10 Å². The van der Waals surface area contributed by atoms with Crippen molar-refractivity contribution in [2.24, 2.45) is 0 Å². The molecule has 7 heteroatoms. The summed E-state index contributed by atoms with van der Waals surface area (Å²) in [4.78, 5) is 21.3. The van der Waals surface area contributed by atoms with Gasteiger partial charge in [0.05, 0.1) is 7.11 Å². The molecule has 1 fully saturated rings. The van der Waals surface area contributed by atoms with Crippen molar-refractivity contribution >= 4 is 11.7 Å². The van der Waals surface area contributed by atoms with Gasteiger partial charge in [-0.1, -0.05) is 36.4 Å². The van der Waals surface area contributed by atoms with Crippen molar-refractivity contribution < 1.29 is 9.53 Å². The molecule has 1 aliphatic carbocycles. The smallest absolute Gasteiger partial charge is 0.296 e. The summed E-state index contributed by atoms with van der Waals surface area (Å²) in [5, 5.41) is 9.69. The largest absolute Gasteiger partial charge is 0.496 e. The molecule has 0 atom stereocenters. The number of nitrogens with one attached hydrogen (secondary N) is 2. The van der Waals surface area contributed by atoms with E-state index in [4.69, 9.17) is 4.74 Å². The van der Waals surface area contributed by atoms with Crippen LogP contribution in [0.1, 0.15) is 46.3 Å². The van der Waals surface area contributed by atoms with E-state index < -0.39 is 5.91 Å². The zero-order valence-corrected chi connectivity index (χ0v) is 17.7. The minimum absolute atomic E-state index is 0.0800. The normalized spacial score (nSPS) is 13.0. The fourth-order valence-electron chi connectivity index (χ4n) is 3.73. The minimum Gasteiger partial charge on any atom is -0.496 e. The van der Waals surface area contributed by atoms with Crippen LogP contribution < -0.4 is 10.1 Å². The maximum Gasteiger partial charge on any atom is 0.296 e. The molecule has 0 bridgehead atoms. The molecule has 4 aromatic rings. The van der Waals surface area contributed by atoms with Crippen molar-refractivity contribution in [1.82, 2.24) is 20.2 Å². The van der Waals surface area contributed by atoms with Crippen molar-refractivity contribution in [2.75, 3.05) is 12.4 Å². The molecule has 32 heavy (non-hydrogen) atoms. The molecule has 2 N–H and O–H groups in total. The maximum absolute atomic E-state index is 12.7. The molecule has 0 saturated heterocycles. The summed E-state index contributed by atoms with van der Waals surface area (Å²) in [5.74, 6) is 2.15. The second-order valence-corrected chi connectivity index (χ2v) is 7.89. The van der Waals surface area contributed by atoms with Gasteiger partial charge in [0.2, 0.25) is 5.82 Å². The Labute approximate surface area is 185 Å². The standard InChI is InChI=1S/C25H23N5O2/c1-32-21-10-9-18(17-7-8-17)14-20(21)19-11-12-26-22(15-19)28-25(31)24-27-23(29-30-24)13-16-5-3-2-4-6-16/h2-6,9-12,14-15,17H,7-8,13H2,1H3,(H,26,28,31)(H,27,29,30). The number of H-pyrrole nitrogens is 1. The van der Waals surface area contributed by atoms with Gasteiger partial charge in [-0.05, 0) is 59.7 Å². The number of rotatable bonds is 7. The van der Waals surface area contributed by atoms with Crippen LogP contribution in [0.15, 0.2) is 66.9 Å². The number of amides is 1. The lowest BCUT2D eigenvalue weighted by atomic mass is 10.0. The molecule has 5 rings (SSSR count). The molecule has 7 nitrogen and oxygen atoms in total. The van der Waals surface area contributed by atoms with Gasteiger partial charge in [-0.2, -0.15) is 0 Å². The first-order chi connectivity index (χ1) is 15.7. The Balaban J connectivity index is 1.33. The van der Waals surface area contributed by atoms with E-state index in [9.17, 15) is 4.79 Å². The summed E-state index contributed by atoms with van der Waals surface area (Å²) < 4.78 is 5.56. The van der Waals surface area contributed by atoms with Crippen molar-refractivity contribution in [1.29, 1.82) is 0 Å². The molecule has 0 radical (unpaired) electrons. The van der Waals surface area contributed by atoms with Gasteiger partial charge in [-0.3, -0.25) is 9.89 Å². The number of carbonyl (C=O) groups excluding carboxylic acids is 1. The number of ether oxygens (including phenoxy) is 1. The third-order valence-electron chi connectivity index (χ3n) is 5.53. The Morgan fingerprint density at radius 1 is 1.12 bits per heavy atom. The van der Waals surface area contributed by atoms with Crippen LogP contribution in [-0.2, 0) is 6.42 Å². The predicted molar refractivity (Wildman–Crippen MR) is 122 cm³/mol. The van der Waals surface area contributed by atoms with Crippen LogP contribution in [0, 0.1) is 0 Å². The van der Waals surface area contributed by atoms with E-state index in [1.807, 2.05) is 48.5 Å². The quantitative estimate of drug-likeness (QED) is 0.452. The molecular weight excluding hydrogens is 402 g/mol. The number of hydrogen-bond acceptors (Lipinski definition) is 5. The Morgan fingerprint density at radius 2 is 1.97 bits per heavy atom. The van der Waals surface area contributed by atoms with E-state index in [0.29, 0.717) is 24.0 Å². The predicted octanol–water partition coefficient (Wildman–Crippen LogP) is 4.60. The average Bonchev–Trinajstić information content (AvgIpc) is 3.58. The van der Waals surface area contributed by atoms with E-state index >= 15 is 0 Å². The zero-order chi connectivity index (χ0) is 21.9. The molecule has 1 saturated carbocycles. The highest BCUT2D eigenvalue weighted by Crippen LogP contribution is 2.43. The van der Waals surface area contributed by atoms with Crippen LogP contribution in [-0.4, -0.2) is 33.2 Å². The number of methoxy groups -OCH3 is 1. The van der Waals surface area contributed by atoms with E-state index in [1.54, 1.807) is 13.3 Å². The highest BCUT2D eigenvalue weighted by Gasteiger charge is 2.24. The summed E-state index contributed by atoms with van der Waals surface area (Å²) in [7, 11) is 1.66. The molecule has 160 valence electrons. The average molecular weight is 425 g/mol. The highest BCUT2D eigenvalue weighted by atomic mass is 16.5. The number of anilines is 1. The van der Waals surface area contributed by atoms with Crippen LogP contribution in [0.3, 0.4) is 0 Å². The van der Waals surface area contributed by atoms with Gasteiger partial charge in [0.1, 0.15) is 17.4 Å². The molecule has 2 heterocycles.